The summed E-state index contributed by atoms with van der Waals surface area (Å²) in [6.07, 6.45) is 4.44. The van der Waals surface area contributed by atoms with Crippen molar-refractivity contribution in [2.75, 3.05) is 13.2 Å². The maximum atomic E-state index is 9.78. The Labute approximate surface area is 165 Å². The Morgan fingerprint density at radius 3 is 1.74 bits per heavy atom. The first-order valence-electron chi connectivity index (χ1n) is 10.0. The molecule has 0 atom stereocenters. The van der Waals surface area contributed by atoms with Gasteiger partial charge in [-0.05, 0) is 52.2 Å². The normalized spacial score (nSPS) is 15.9. The molecular formula is C24H32O2Si. The third-order valence-corrected chi connectivity index (χ3v) is 10.8. The molecule has 3 rings (SSSR count). The van der Waals surface area contributed by atoms with Crippen molar-refractivity contribution >= 4 is 18.7 Å². The SMILES string of the molecule is CC(C)(C)[Si](OCC1=C(CO)CCCC1)(c1ccccc1)c1ccccc1. The summed E-state index contributed by atoms with van der Waals surface area (Å²) in [5.74, 6) is 0. The summed E-state index contributed by atoms with van der Waals surface area (Å²) in [4.78, 5) is 0. The summed E-state index contributed by atoms with van der Waals surface area (Å²) in [5.41, 5.74) is 2.51. The van der Waals surface area contributed by atoms with Crippen molar-refractivity contribution in [3.63, 3.8) is 0 Å². The van der Waals surface area contributed by atoms with E-state index in [1.807, 2.05) is 0 Å². The Hall–Kier alpha value is -1.68. The zero-order valence-electron chi connectivity index (χ0n) is 16.9. The fourth-order valence-electron chi connectivity index (χ4n) is 4.35. The molecule has 1 N–H and O–H groups in total. The summed E-state index contributed by atoms with van der Waals surface area (Å²) in [6, 6.07) is 21.5. The Morgan fingerprint density at radius 2 is 1.30 bits per heavy atom. The smallest absolute Gasteiger partial charge is 0.261 e. The van der Waals surface area contributed by atoms with Crippen molar-refractivity contribution in [1.82, 2.24) is 0 Å². The predicted octanol–water partition coefficient (Wildman–Crippen LogP) is 4.43. The minimum Gasteiger partial charge on any atom is -0.403 e. The van der Waals surface area contributed by atoms with Gasteiger partial charge < -0.3 is 9.53 Å². The molecule has 2 nitrogen and oxygen atoms in total. The van der Waals surface area contributed by atoms with E-state index in [1.54, 1.807) is 0 Å². The number of aliphatic hydroxyl groups excluding tert-OH is 1. The lowest BCUT2D eigenvalue weighted by Crippen LogP contribution is -2.66. The fourth-order valence-corrected chi connectivity index (χ4v) is 8.90. The average Bonchev–Trinajstić information content (AvgIpc) is 2.69. The van der Waals surface area contributed by atoms with Gasteiger partial charge in [0.2, 0.25) is 0 Å². The van der Waals surface area contributed by atoms with Crippen molar-refractivity contribution in [2.24, 2.45) is 0 Å². The van der Waals surface area contributed by atoms with Gasteiger partial charge in [-0.15, -0.1) is 0 Å². The van der Waals surface area contributed by atoms with Crippen molar-refractivity contribution in [2.45, 2.75) is 51.5 Å². The maximum absolute atomic E-state index is 9.78. The van der Waals surface area contributed by atoms with Crippen LogP contribution in [-0.4, -0.2) is 26.6 Å². The molecule has 0 heterocycles. The highest BCUT2D eigenvalue weighted by atomic mass is 28.4. The van der Waals surface area contributed by atoms with Crippen LogP contribution < -0.4 is 10.4 Å². The molecule has 144 valence electrons. The van der Waals surface area contributed by atoms with Crippen LogP contribution in [0.3, 0.4) is 0 Å². The molecule has 0 aromatic heterocycles. The zero-order valence-corrected chi connectivity index (χ0v) is 17.9. The average molecular weight is 381 g/mol. The number of benzene rings is 2. The van der Waals surface area contributed by atoms with Crippen molar-refractivity contribution in [3.05, 3.63) is 71.8 Å². The molecule has 0 radical (unpaired) electrons. The van der Waals surface area contributed by atoms with Gasteiger partial charge in [0.25, 0.3) is 8.32 Å². The monoisotopic (exact) mass is 380 g/mol. The summed E-state index contributed by atoms with van der Waals surface area (Å²) in [7, 11) is -2.49. The van der Waals surface area contributed by atoms with E-state index in [-0.39, 0.29) is 11.6 Å². The largest absolute Gasteiger partial charge is 0.403 e. The Morgan fingerprint density at radius 1 is 0.815 bits per heavy atom. The van der Waals surface area contributed by atoms with Crippen molar-refractivity contribution in [1.29, 1.82) is 0 Å². The lowest BCUT2D eigenvalue weighted by Gasteiger charge is -2.43. The Kier molecular flexibility index (Phi) is 6.35. The van der Waals surface area contributed by atoms with Crippen molar-refractivity contribution in [3.8, 4) is 0 Å². The van der Waals surface area contributed by atoms with Gasteiger partial charge in [-0.1, -0.05) is 81.4 Å². The molecule has 0 fully saturated rings. The highest BCUT2D eigenvalue weighted by Crippen LogP contribution is 2.37. The molecule has 1 aliphatic carbocycles. The maximum Gasteiger partial charge on any atom is 0.261 e. The standard InChI is InChI=1S/C24H32O2Si/c1-24(2,3)27(22-14-6-4-7-15-22,23-16-8-5-9-17-23)26-19-21-13-11-10-12-20(21)18-25/h4-9,14-17,25H,10-13,18-19H2,1-3H3. The molecular weight excluding hydrogens is 348 g/mol. The summed E-state index contributed by atoms with van der Waals surface area (Å²) >= 11 is 0. The second kappa shape index (κ2) is 8.55. The molecule has 1 aliphatic rings. The topological polar surface area (TPSA) is 29.5 Å². The number of aliphatic hydroxyl groups is 1. The van der Waals surface area contributed by atoms with Gasteiger partial charge in [-0.3, -0.25) is 0 Å². The van der Waals surface area contributed by atoms with E-state index in [2.05, 4.69) is 81.4 Å². The van der Waals surface area contributed by atoms with Gasteiger partial charge in [0.05, 0.1) is 13.2 Å². The summed E-state index contributed by atoms with van der Waals surface area (Å²) in [5, 5.41) is 12.4. The third-order valence-electron chi connectivity index (χ3n) is 5.78. The molecule has 0 spiro atoms. The fraction of sp³-hybridized carbons (Fsp3) is 0.417. The van der Waals surface area contributed by atoms with Crippen LogP contribution in [0.1, 0.15) is 46.5 Å². The quantitative estimate of drug-likeness (QED) is 0.593. The van der Waals surface area contributed by atoms with Crippen LogP contribution in [0.25, 0.3) is 0 Å². The van der Waals surface area contributed by atoms with E-state index in [9.17, 15) is 5.11 Å². The molecule has 2 aromatic carbocycles. The second-order valence-corrected chi connectivity index (χ2v) is 12.8. The van der Waals surface area contributed by atoms with Gasteiger partial charge in [0, 0.05) is 0 Å². The molecule has 27 heavy (non-hydrogen) atoms. The van der Waals surface area contributed by atoms with Crippen LogP contribution in [-0.2, 0) is 4.43 Å². The van der Waals surface area contributed by atoms with Crippen LogP contribution >= 0.6 is 0 Å². The van der Waals surface area contributed by atoms with Crippen LogP contribution in [0.2, 0.25) is 5.04 Å². The van der Waals surface area contributed by atoms with Crippen LogP contribution in [0.4, 0.5) is 0 Å². The molecule has 0 saturated heterocycles. The molecule has 0 bridgehead atoms. The number of hydrogen-bond acceptors (Lipinski definition) is 2. The highest BCUT2D eigenvalue weighted by molar-refractivity contribution is 6.99. The zero-order chi connectivity index (χ0) is 19.3. The first kappa shape index (κ1) is 20.1. The molecule has 3 heteroatoms. The third kappa shape index (κ3) is 4.10. The van der Waals surface area contributed by atoms with Gasteiger partial charge >= 0.3 is 0 Å². The lowest BCUT2D eigenvalue weighted by atomic mass is 9.93. The van der Waals surface area contributed by atoms with Gasteiger partial charge in [-0.2, -0.15) is 0 Å². The minimum absolute atomic E-state index is 0.00961. The van der Waals surface area contributed by atoms with Gasteiger partial charge in [0.1, 0.15) is 0 Å². The summed E-state index contributed by atoms with van der Waals surface area (Å²) in [6.45, 7) is 7.72. The second-order valence-electron chi connectivity index (χ2n) is 8.52. The van der Waals surface area contributed by atoms with Gasteiger partial charge in [-0.25, -0.2) is 0 Å². The highest BCUT2D eigenvalue weighted by Gasteiger charge is 2.50. The molecule has 0 aliphatic heterocycles. The number of rotatable bonds is 6. The first-order chi connectivity index (χ1) is 13.0. The minimum atomic E-state index is -2.49. The molecule has 0 unspecified atom stereocenters. The Balaban J connectivity index is 2.08. The van der Waals surface area contributed by atoms with E-state index < -0.39 is 8.32 Å². The van der Waals surface area contributed by atoms with E-state index in [0.717, 1.165) is 12.8 Å². The summed E-state index contributed by atoms with van der Waals surface area (Å²) < 4.78 is 7.01. The van der Waals surface area contributed by atoms with Gasteiger partial charge in [0.15, 0.2) is 0 Å². The van der Waals surface area contributed by atoms with E-state index in [4.69, 9.17) is 4.43 Å². The lowest BCUT2D eigenvalue weighted by molar-refractivity contribution is 0.298. The van der Waals surface area contributed by atoms with Crippen LogP contribution in [0.5, 0.6) is 0 Å². The number of hydrogen-bond donors (Lipinski definition) is 1. The molecule has 0 saturated carbocycles. The molecule has 0 amide bonds. The van der Waals surface area contributed by atoms with E-state index in [0.29, 0.717) is 6.61 Å². The van der Waals surface area contributed by atoms with E-state index in [1.165, 1.54) is 34.4 Å². The van der Waals surface area contributed by atoms with Crippen LogP contribution in [0, 0.1) is 0 Å². The predicted molar refractivity (Wildman–Crippen MR) is 116 cm³/mol. The Bertz CT molecular complexity index is 720. The first-order valence-corrected chi connectivity index (χ1v) is 12.0. The van der Waals surface area contributed by atoms with Crippen LogP contribution in [0.15, 0.2) is 71.8 Å². The van der Waals surface area contributed by atoms with Crippen molar-refractivity contribution < 1.29 is 9.53 Å². The molecule has 2 aromatic rings. The van der Waals surface area contributed by atoms with E-state index >= 15 is 0 Å².